The summed E-state index contributed by atoms with van der Waals surface area (Å²) < 4.78 is 36.0. The lowest BCUT2D eigenvalue weighted by Gasteiger charge is -2.12. The largest absolute Gasteiger partial charge is 0.493 e. The Kier molecular flexibility index (Phi) is 4.52. The number of methoxy groups -OCH3 is 1. The number of ether oxygens (including phenoxy) is 2. The van der Waals surface area contributed by atoms with Crippen LogP contribution in [0.2, 0.25) is 0 Å². The quantitative estimate of drug-likeness (QED) is 0.653. The molecule has 0 radical (unpaired) electrons. The molecule has 0 saturated carbocycles. The maximum Gasteiger partial charge on any atom is 0.387 e. The highest BCUT2D eigenvalue weighted by molar-refractivity contribution is 7.19. The van der Waals surface area contributed by atoms with Gasteiger partial charge in [0.1, 0.15) is 5.01 Å². The summed E-state index contributed by atoms with van der Waals surface area (Å²) in [4.78, 5) is 4.47. The van der Waals surface area contributed by atoms with Crippen molar-refractivity contribution in [3.05, 3.63) is 53.0 Å². The lowest BCUT2D eigenvalue weighted by molar-refractivity contribution is -0.0513. The zero-order valence-electron chi connectivity index (χ0n) is 12.2. The highest BCUT2D eigenvalue weighted by Crippen LogP contribution is 2.34. The van der Waals surface area contributed by atoms with Crippen LogP contribution >= 0.6 is 11.3 Å². The molecule has 3 nitrogen and oxygen atoms in total. The maximum atomic E-state index is 12.6. The topological polar surface area (TPSA) is 31.4 Å². The first-order chi connectivity index (χ1) is 11.2. The van der Waals surface area contributed by atoms with E-state index in [4.69, 9.17) is 4.74 Å². The van der Waals surface area contributed by atoms with Gasteiger partial charge in [-0.15, -0.1) is 11.3 Å². The second kappa shape index (κ2) is 6.75. The van der Waals surface area contributed by atoms with Gasteiger partial charge < -0.3 is 9.47 Å². The summed E-state index contributed by atoms with van der Waals surface area (Å²) in [5.41, 5.74) is 1.41. The third kappa shape index (κ3) is 3.48. The number of hydrogen-bond donors (Lipinski definition) is 0. The Morgan fingerprint density at radius 2 is 1.91 bits per heavy atom. The monoisotopic (exact) mass is 333 g/mol. The Hall–Kier alpha value is -2.47. The second-order valence-corrected chi connectivity index (χ2v) is 5.67. The summed E-state index contributed by atoms with van der Waals surface area (Å²) in [7, 11) is 1.41. The molecule has 0 saturated heterocycles. The minimum Gasteiger partial charge on any atom is -0.493 e. The van der Waals surface area contributed by atoms with Crippen molar-refractivity contribution < 1.29 is 18.3 Å². The van der Waals surface area contributed by atoms with Crippen molar-refractivity contribution in [2.24, 2.45) is 0 Å². The van der Waals surface area contributed by atoms with E-state index in [2.05, 4.69) is 9.72 Å². The van der Waals surface area contributed by atoms with E-state index in [9.17, 15) is 8.78 Å². The molecule has 0 atom stereocenters. The molecule has 2 aromatic carbocycles. The number of hydrogen-bond acceptors (Lipinski definition) is 4. The summed E-state index contributed by atoms with van der Waals surface area (Å²) in [6.07, 6.45) is 3.47. The number of benzene rings is 2. The fourth-order valence-electron chi connectivity index (χ4n) is 2.16. The molecule has 0 amide bonds. The molecule has 1 heterocycles. The summed E-state index contributed by atoms with van der Waals surface area (Å²) >= 11 is 1.53. The fraction of sp³-hybridized carbons (Fsp3) is 0.118. The van der Waals surface area contributed by atoms with Crippen LogP contribution in [0.15, 0.2) is 42.5 Å². The molecule has 118 valence electrons. The molecule has 0 bridgehead atoms. The maximum absolute atomic E-state index is 12.6. The van der Waals surface area contributed by atoms with E-state index in [0.29, 0.717) is 5.56 Å². The van der Waals surface area contributed by atoms with Gasteiger partial charge in [0.15, 0.2) is 11.5 Å². The standard InChI is InChI=1S/C17H13F2NO2S/c1-21-13-7-4-5-11(16(13)22-17(18)19)9-10-15-20-12-6-2-3-8-14(12)23-15/h2-10,17H,1H3/b10-9+. The number of para-hydroxylation sites is 2. The molecular formula is C17H13F2NO2S. The number of nitrogens with zero attached hydrogens (tertiary/aromatic N) is 1. The molecule has 0 N–H and O–H groups in total. The number of rotatable bonds is 5. The molecule has 3 aromatic rings. The second-order valence-electron chi connectivity index (χ2n) is 4.61. The summed E-state index contributed by atoms with van der Waals surface area (Å²) in [5, 5.41) is 0.789. The average molecular weight is 333 g/mol. The van der Waals surface area contributed by atoms with E-state index in [1.54, 1.807) is 30.4 Å². The first-order valence-electron chi connectivity index (χ1n) is 6.83. The van der Waals surface area contributed by atoms with Gasteiger partial charge in [-0.1, -0.05) is 24.3 Å². The molecule has 0 spiro atoms. The highest BCUT2D eigenvalue weighted by Gasteiger charge is 2.13. The molecule has 0 aliphatic rings. The number of halogens is 2. The molecule has 3 rings (SSSR count). The van der Waals surface area contributed by atoms with Crippen molar-refractivity contribution in [2.75, 3.05) is 7.11 Å². The molecule has 1 aromatic heterocycles. The van der Waals surface area contributed by atoms with Crippen molar-refractivity contribution in [3.63, 3.8) is 0 Å². The molecule has 0 aliphatic carbocycles. The van der Waals surface area contributed by atoms with Crippen LogP contribution in [0.3, 0.4) is 0 Å². The molecule has 0 unspecified atom stereocenters. The Labute approximate surface area is 135 Å². The molecule has 0 aliphatic heterocycles. The molecule has 0 fully saturated rings. The van der Waals surface area contributed by atoms with Crippen molar-refractivity contribution in [2.45, 2.75) is 6.61 Å². The molecule has 23 heavy (non-hydrogen) atoms. The zero-order valence-corrected chi connectivity index (χ0v) is 13.0. The predicted octanol–water partition coefficient (Wildman–Crippen LogP) is 5.08. The van der Waals surface area contributed by atoms with E-state index in [0.717, 1.165) is 15.2 Å². The first kappa shape index (κ1) is 15.4. The van der Waals surface area contributed by atoms with Gasteiger partial charge in [-0.3, -0.25) is 0 Å². The van der Waals surface area contributed by atoms with Gasteiger partial charge in [-0.2, -0.15) is 8.78 Å². The Morgan fingerprint density at radius 1 is 1.09 bits per heavy atom. The van der Waals surface area contributed by atoms with Crippen LogP contribution in [-0.2, 0) is 0 Å². The lowest BCUT2D eigenvalue weighted by Crippen LogP contribution is -2.04. The van der Waals surface area contributed by atoms with Crippen LogP contribution in [0.25, 0.3) is 22.4 Å². The Morgan fingerprint density at radius 3 is 2.65 bits per heavy atom. The number of thiazole rings is 1. The van der Waals surface area contributed by atoms with Crippen LogP contribution in [0.5, 0.6) is 11.5 Å². The van der Waals surface area contributed by atoms with E-state index in [-0.39, 0.29) is 11.5 Å². The number of fused-ring (bicyclic) bond motifs is 1. The molecule has 6 heteroatoms. The minimum atomic E-state index is -2.92. The van der Waals surface area contributed by atoms with Gasteiger partial charge in [0.2, 0.25) is 0 Å². The fourth-order valence-corrected chi connectivity index (χ4v) is 3.03. The van der Waals surface area contributed by atoms with Gasteiger partial charge in [0.05, 0.1) is 17.3 Å². The first-order valence-corrected chi connectivity index (χ1v) is 7.64. The van der Waals surface area contributed by atoms with E-state index in [1.165, 1.54) is 18.4 Å². The lowest BCUT2D eigenvalue weighted by atomic mass is 10.1. The third-order valence-corrected chi connectivity index (χ3v) is 4.15. The van der Waals surface area contributed by atoms with Gasteiger partial charge in [-0.25, -0.2) is 4.98 Å². The van der Waals surface area contributed by atoms with Crippen LogP contribution in [0, 0.1) is 0 Å². The van der Waals surface area contributed by atoms with E-state index in [1.807, 2.05) is 24.3 Å². The third-order valence-electron chi connectivity index (χ3n) is 3.15. The summed E-state index contributed by atoms with van der Waals surface area (Å²) in [5.74, 6) is 0.277. The predicted molar refractivity (Wildman–Crippen MR) is 88.2 cm³/mol. The van der Waals surface area contributed by atoms with Crippen molar-refractivity contribution >= 4 is 33.7 Å². The Balaban J connectivity index is 1.94. The van der Waals surface area contributed by atoms with Crippen molar-refractivity contribution in [3.8, 4) is 11.5 Å². The van der Waals surface area contributed by atoms with Crippen molar-refractivity contribution in [1.82, 2.24) is 4.98 Å². The SMILES string of the molecule is COc1cccc(/C=C/c2nc3ccccc3s2)c1OC(F)F. The van der Waals surface area contributed by atoms with Crippen molar-refractivity contribution in [1.29, 1.82) is 0 Å². The Bertz CT molecular complexity index is 812. The van der Waals surface area contributed by atoms with E-state index < -0.39 is 6.61 Å². The van der Waals surface area contributed by atoms with Gasteiger partial charge >= 0.3 is 6.61 Å². The van der Waals surface area contributed by atoms with Gasteiger partial charge in [0, 0.05) is 5.56 Å². The van der Waals surface area contributed by atoms with Crippen LogP contribution in [0.4, 0.5) is 8.78 Å². The smallest absolute Gasteiger partial charge is 0.387 e. The normalized spacial score (nSPS) is 11.5. The highest BCUT2D eigenvalue weighted by atomic mass is 32.1. The summed E-state index contributed by atoms with van der Waals surface area (Å²) in [6.45, 7) is -2.92. The van der Waals surface area contributed by atoms with Gasteiger partial charge in [-0.05, 0) is 30.4 Å². The zero-order chi connectivity index (χ0) is 16.2. The minimum absolute atomic E-state index is 0.0161. The molecular weight excluding hydrogens is 320 g/mol. The average Bonchev–Trinajstić information content (AvgIpc) is 2.96. The number of aromatic nitrogens is 1. The van der Waals surface area contributed by atoms with Crippen LogP contribution < -0.4 is 9.47 Å². The number of alkyl halides is 2. The van der Waals surface area contributed by atoms with Crippen LogP contribution in [0.1, 0.15) is 10.6 Å². The summed E-state index contributed by atoms with van der Waals surface area (Å²) in [6, 6.07) is 12.8. The van der Waals surface area contributed by atoms with Crippen LogP contribution in [-0.4, -0.2) is 18.7 Å². The van der Waals surface area contributed by atoms with Gasteiger partial charge in [0.25, 0.3) is 0 Å². The van der Waals surface area contributed by atoms with E-state index >= 15 is 0 Å².